The Balaban J connectivity index is 1.33. The highest BCUT2D eigenvalue weighted by Gasteiger charge is 2.36. The van der Waals surface area contributed by atoms with Gasteiger partial charge in [0.15, 0.2) is 17.5 Å². The van der Waals surface area contributed by atoms with Crippen molar-refractivity contribution in [3.8, 4) is 62.5 Å². The third kappa shape index (κ3) is 6.80. The average Bonchev–Trinajstić information content (AvgIpc) is 3.32. The molecule has 1 saturated carbocycles. The van der Waals surface area contributed by atoms with Crippen molar-refractivity contribution in [2.24, 2.45) is 11.8 Å². The summed E-state index contributed by atoms with van der Waals surface area (Å²) in [5.41, 5.74) is 9.45. The molecule has 0 aliphatic heterocycles. The number of hydrogen-bond acceptors (Lipinski definition) is 4. The summed E-state index contributed by atoms with van der Waals surface area (Å²) < 4.78 is 0. The molecule has 1 aromatic heterocycles. The van der Waals surface area contributed by atoms with Crippen molar-refractivity contribution in [1.29, 1.82) is 5.26 Å². The van der Waals surface area contributed by atoms with E-state index in [4.69, 9.17) is 15.0 Å². The molecule has 1 fully saturated rings. The van der Waals surface area contributed by atoms with E-state index in [1.54, 1.807) is 0 Å². The number of nitriles is 1. The lowest BCUT2D eigenvalue weighted by molar-refractivity contribution is 0.295. The lowest BCUT2D eigenvalue weighted by Crippen LogP contribution is -2.28. The van der Waals surface area contributed by atoms with Crippen LogP contribution in [0.25, 0.3) is 56.4 Å². The van der Waals surface area contributed by atoms with E-state index in [0.29, 0.717) is 23.0 Å². The van der Waals surface area contributed by atoms with Crippen LogP contribution < -0.4 is 0 Å². The monoisotopic (exact) mass is 638 g/mol. The van der Waals surface area contributed by atoms with E-state index in [0.717, 1.165) is 57.2 Å². The van der Waals surface area contributed by atoms with Crippen molar-refractivity contribution in [2.75, 3.05) is 0 Å². The van der Waals surface area contributed by atoms with E-state index in [2.05, 4.69) is 106 Å². The first-order chi connectivity index (χ1) is 23.9. The minimum absolute atomic E-state index is 0.206. The third-order valence-corrected chi connectivity index (χ3v) is 10.4. The Morgan fingerprint density at radius 2 is 1.04 bits per heavy atom. The summed E-state index contributed by atoms with van der Waals surface area (Å²) in [5.74, 6) is 3.41. The Bertz CT molecular complexity index is 2070. The van der Waals surface area contributed by atoms with Crippen LogP contribution in [-0.4, -0.2) is 15.0 Å². The van der Waals surface area contributed by atoms with Gasteiger partial charge in [-0.1, -0.05) is 143 Å². The van der Waals surface area contributed by atoms with Crippen molar-refractivity contribution in [3.63, 3.8) is 0 Å². The minimum atomic E-state index is 0.206. The molecule has 3 atom stereocenters. The van der Waals surface area contributed by atoms with E-state index in [9.17, 15) is 5.26 Å². The molecule has 1 aliphatic carbocycles. The maximum atomic E-state index is 9.36. The van der Waals surface area contributed by atoms with Gasteiger partial charge in [-0.3, -0.25) is 0 Å². The molecule has 0 saturated heterocycles. The molecule has 1 unspecified atom stereocenters. The molecule has 49 heavy (non-hydrogen) atoms. The molecule has 0 N–H and O–H groups in total. The molecule has 0 amide bonds. The molecule has 1 heterocycles. The van der Waals surface area contributed by atoms with Gasteiger partial charge in [0.2, 0.25) is 0 Å². The number of aromatic nitrogens is 3. The maximum absolute atomic E-state index is 9.36. The van der Waals surface area contributed by atoms with Gasteiger partial charge in [0.1, 0.15) is 0 Å². The standard InChI is InChI=1S/C45H42N4/c1-4-45(28-31(2)15-16-32(3)29-45)39-24-21-37(22-25-39)43-47-42(36-13-9-6-10-14-36)48-44(49-43)38-23-26-40(35-19-17-33(30-46)18-20-35)41(27-38)34-11-7-5-8-12-34/h5-14,17-27,31-32H,4,15-16,28-29H2,1-3H3/t31-,32+,45?. The van der Waals surface area contributed by atoms with Gasteiger partial charge in [0.25, 0.3) is 0 Å². The summed E-state index contributed by atoms with van der Waals surface area (Å²) in [7, 11) is 0. The first kappa shape index (κ1) is 32.2. The van der Waals surface area contributed by atoms with Gasteiger partial charge in [-0.25, -0.2) is 15.0 Å². The summed E-state index contributed by atoms with van der Waals surface area (Å²) >= 11 is 0. The molecule has 0 bridgehead atoms. The van der Waals surface area contributed by atoms with Gasteiger partial charge < -0.3 is 0 Å². The number of rotatable bonds is 7. The number of hydrogen-bond donors (Lipinski definition) is 0. The highest BCUT2D eigenvalue weighted by molar-refractivity contribution is 5.86. The van der Waals surface area contributed by atoms with E-state index in [1.165, 1.54) is 31.2 Å². The Morgan fingerprint density at radius 3 is 1.59 bits per heavy atom. The number of nitrogens with zero attached hydrogens (tertiary/aromatic N) is 4. The van der Waals surface area contributed by atoms with E-state index >= 15 is 0 Å². The zero-order valence-electron chi connectivity index (χ0n) is 28.6. The largest absolute Gasteiger partial charge is 0.208 e. The van der Waals surface area contributed by atoms with Crippen LogP contribution in [-0.2, 0) is 5.41 Å². The van der Waals surface area contributed by atoms with Crippen LogP contribution in [0.4, 0.5) is 0 Å². The molecule has 242 valence electrons. The van der Waals surface area contributed by atoms with Crippen LogP contribution in [0.3, 0.4) is 0 Å². The highest BCUT2D eigenvalue weighted by atomic mass is 15.0. The quantitative estimate of drug-likeness (QED) is 0.163. The minimum Gasteiger partial charge on any atom is -0.208 e. The van der Waals surface area contributed by atoms with Gasteiger partial charge in [-0.15, -0.1) is 0 Å². The first-order valence-electron chi connectivity index (χ1n) is 17.6. The lowest BCUT2D eigenvalue weighted by atomic mass is 9.69. The van der Waals surface area contributed by atoms with E-state index < -0.39 is 0 Å². The van der Waals surface area contributed by atoms with Crippen molar-refractivity contribution >= 4 is 0 Å². The molecule has 6 aromatic rings. The summed E-state index contributed by atoms with van der Waals surface area (Å²) in [5, 5.41) is 9.36. The second-order valence-corrected chi connectivity index (χ2v) is 13.9. The van der Waals surface area contributed by atoms with E-state index in [1.807, 2.05) is 48.5 Å². The topological polar surface area (TPSA) is 62.5 Å². The SMILES string of the molecule is CCC1(c2ccc(-c3nc(-c4ccccc4)nc(-c4ccc(-c5ccc(C#N)cc5)c(-c5ccccc5)c4)n3)cc2)C[C@H](C)CC[C@H](C)C1. The molecule has 1 aliphatic rings. The fraction of sp³-hybridized carbons (Fsp3) is 0.244. The van der Waals surface area contributed by atoms with Crippen LogP contribution in [0, 0.1) is 23.2 Å². The fourth-order valence-corrected chi connectivity index (χ4v) is 7.76. The summed E-state index contributed by atoms with van der Waals surface area (Å²) in [6.45, 7) is 7.21. The van der Waals surface area contributed by atoms with Crippen molar-refractivity contribution in [2.45, 2.75) is 58.3 Å². The zero-order valence-corrected chi connectivity index (χ0v) is 28.6. The van der Waals surface area contributed by atoms with E-state index in [-0.39, 0.29) is 5.41 Å². The Morgan fingerprint density at radius 1 is 0.571 bits per heavy atom. The van der Waals surface area contributed by atoms with Crippen molar-refractivity contribution < 1.29 is 0 Å². The maximum Gasteiger partial charge on any atom is 0.164 e. The Kier molecular flexibility index (Phi) is 9.18. The first-order valence-corrected chi connectivity index (χ1v) is 17.6. The predicted octanol–water partition coefficient (Wildman–Crippen LogP) is 11.6. The molecule has 4 nitrogen and oxygen atoms in total. The molecule has 5 aromatic carbocycles. The average molecular weight is 639 g/mol. The number of benzene rings is 5. The highest BCUT2D eigenvalue weighted by Crippen LogP contribution is 2.45. The molecular formula is C45H42N4. The molecular weight excluding hydrogens is 597 g/mol. The molecule has 7 rings (SSSR count). The molecule has 4 heteroatoms. The van der Waals surface area contributed by atoms with Gasteiger partial charge in [-0.05, 0) is 82.5 Å². The summed E-state index contributed by atoms with van der Waals surface area (Å²) in [6.07, 6.45) is 6.26. The second kappa shape index (κ2) is 14.0. The summed E-state index contributed by atoms with van der Waals surface area (Å²) in [4.78, 5) is 15.2. The van der Waals surface area contributed by atoms with Gasteiger partial charge >= 0.3 is 0 Å². The van der Waals surface area contributed by atoms with Crippen LogP contribution in [0.5, 0.6) is 0 Å². The fourth-order valence-electron chi connectivity index (χ4n) is 7.76. The van der Waals surface area contributed by atoms with Crippen LogP contribution in [0.15, 0.2) is 127 Å². The molecule has 0 radical (unpaired) electrons. The van der Waals surface area contributed by atoms with Crippen molar-refractivity contribution in [1.82, 2.24) is 15.0 Å². The normalized spacial score (nSPS) is 19.1. The zero-order chi connectivity index (χ0) is 33.8. The lowest BCUT2D eigenvalue weighted by Gasteiger charge is -2.35. The van der Waals surface area contributed by atoms with Crippen LogP contribution >= 0.6 is 0 Å². The van der Waals surface area contributed by atoms with Gasteiger partial charge in [-0.2, -0.15) is 5.26 Å². The Labute approximate surface area is 290 Å². The van der Waals surface area contributed by atoms with Crippen LogP contribution in [0.2, 0.25) is 0 Å². The predicted molar refractivity (Wildman–Crippen MR) is 200 cm³/mol. The van der Waals surface area contributed by atoms with Crippen LogP contribution in [0.1, 0.15) is 64.0 Å². The molecule has 0 spiro atoms. The smallest absolute Gasteiger partial charge is 0.164 e. The van der Waals surface area contributed by atoms with Gasteiger partial charge in [0, 0.05) is 16.7 Å². The van der Waals surface area contributed by atoms with Gasteiger partial charge in [0.05, 0.1) is 11.6 Å². The summed E-state index contributed by atoms with van der Waals surface area (Å²) in [6, 6.07) is 46.0. The van der Waals surface area contributed by atoms with Crippen molar-refractivity contribution in [3.05, 3.63) is 139 Å². The second-order valence-electron chi connectivity index (χ2n) is 13.9. The Hall–Kier alpha value is -5.40. The third-order valence-electron chi connectivity index (χ3n) is 10.4.